The van der Waals surface area contributed by atoms with Crippen LogP contribution < -0.4 is 4.90 Å². The van der Waals surface area contributed by atoms with Crippen molar-refractivity contribution < 1.29 is 18.0 Å². The molecule has 0 aliphatic carbocycles. The molecular weight excluding hydrogens is 367 g/mol. The van der Waals surface area contributed by atoms with Crippen LogP contribution in [0.4, 0.5) is 18.9 Å². The molecule has 1 aliphatic heterocycles. The Morgan fingerprint density at radius 3 is 2.32 bits per heavy atom. The maximum atomic E-state index is 13.2. The normalized spacial score (nSPS) is 15.2. The number of hydrogen-bond acceptors (Lipinski definition) is 3. The third-order valence-electron chi connectivity index (χ3n) is 4.80. The Bertz CT molecular complexity index is 828. The number of nitrogens with zero attached hydrogens (tertiary/aromatic N) is 3. The van der Waals surface area contributed by atoms with Crippen LogP contribution in [0.25, 0.3) is 0 Å². The first-order valence-corrected chi connectivity index (χ1v) is 9.20. The average molecular weight is 391 g/mol. The molecule has 0 aromatic heterocycles. The predicted molar refractivity (Wildman–Crippen MR) is 103 cm³/mol. The van der Waals surface area contributed by atoms with Gasteiger partial charge in [-0.2, -0.15) is 13.2 Å². The first-order chi connectivity index (χ1) is 13.3. The van der Waals surface area contributed by atoms with E-state index in [2.05, 4.69) is 21.9 Å². The summed E-state index contributed by atoms with van der Waals surface area (Å²) in [5.41, 5.74) is 1.11. The Labute approximate surface area is 163 Å². The number of piperazine rings is 1. The van der Waals surface area contributed by atoms with Crippen LogP contribution in [0, 0.1) is 0 Å². The van der Waals surface area contributed by atoms with E-state index in [1.807, 2.05) is 26.2 Å². The number of anilines is 1. The SMILES string of the molecule is CN(C)Cc1cccc(N2CCN(C(=O)c3ccccc3C(F)(F)F)CC2)c1. The Morgan fingerprint density at radius 2 is 1.68 bits per heavy atom. The summed E-state index contributed by atoms with van der Waals surface area (Å²) in [7, 11) is 4.02. The smallest absolute Gasteiger partial charge is 0.368 e. The molecule has 1 amide bonds. The molecule has 28 heavy (non-hydrogen) atoms. The van der Waals surface area contributed by atoms with E-state index in [0.717, 1.165) is 18.3 Å². The summed E-state index contributed by atoms with van der Waals surface area (Å²) in [5, 5.41) is 0. The Morgan fingerprint density at radius 1 is 1.00 bits per heavy atom. The van der Waals surface area contributed by atoms with Gasteiger partial charge in [0.15, 0.2) is 0 Å². The largest absolute Gasteiger partial charge is 0.417 e. The monoisotopic (exact) mass is 391 g/mol. The van der Waals surface area contributed by atoms with Gasteiger partial charge >= 0.3 is 6.18 Å². The van der Waals surface area contributed by atoms with Crippen molar-refractivity contribution in [1.82, 2.24) is 9.80 Å². The van der Waals surface area contributed by atoms with E-state index in [-0.39, 0.29) is 5.56 Å². The van der Waals surface area contributed by atoms with Gasteiger partial charge in [0.2, 0.25) is 0 Å². The van der Waals surface area contributed by atoms with Crippen LogP contribution in [-0.2, 0) is 12.7 Å². The average Bonchev–Trinajstić information content (AvgIpc) is 2.66. The van der Waals surface area contributed by atoms with Crippen molar-refractivity contribution in [2.24, 2.45) is 0 Å². The van der Waals surface area contributed by atoms with Crippen LogP contribution in [0.3, 0.4) is 0 Å². The fourth-order valence-electron chi connectivity index (χ4n) is 3.47. The Balaban J connectivity index is 1.69. The van der Waals surface area contributed by atoms with Crippen LogP contribution in [0.5, 0.6) is 0 Å². The number of carbonyl (C=O) groups excluding carboxylic acids is 1. The molecular formula is C21H24F3N3O. The molecule has 1 fully saturated rings. The number of halogens is 3. The molecule has 0 spiro atoms. The predicted octanol–water partition coefficient (Wildman–Crippen LogP) is 3.73. The summed E-state index contributed by atoms with van der Waals surface area (Å²) in [4.78, 5) is 18.4. The van der Waals surface area contributed by atoms with Crippen LogP contribution in [0.1, 0.15) is 21.5 Å². The minimum Gasteiger partial charge on any atom is -0.368 e. The number of carbonyl (C=O) groups is 1. The summed E-state index contributed by atoms with van der Waals surface area (Å²) in [6.07, 6.45) is -4.54. The van der Waals surface area contributed by atoms with Gasteiger partial charge in [-0.05, 0) is 43.9 Å². The Kier molecular flexibility index (Phi) is 5.93. The van der Waals surface area contributed by atoms with Gasteiger partial charge in [0.05, 0.1) is 11.1 Å². The van der Waals surface area contributed by atoms with E-state index in [0.29, 0.717) is 26.2 Å². The molecule has 4 nitrogen and oxygen atoms in total. The highest BCUT2D eigenvalue weighted by molar-refractivity contribution is 5.96. The highest BCUT2D eigenvalue weighted by Gasteiger charge is 2.36. The van der Waals surface area contributed by atoms with Crippen molar-refractivity contribution in [3.8, 4) is 0 Å². The zero-order chi connectivity index (χ0) is 20.3. The van der Waals surface area contributed by atoms with Gasteiger partial charge in [-0.15, -0.1) is 0 Å². The summed E-state index contributed by atoms with van der Waals surface area (Å²) < 4.78 is 39.6. The number of hydrogen-bond donors (Lipinski definition) is 0. The Hall–Kier alpha value is -2.54. The lowest BCUT2D eigenvalue weighted by molar-refractivity contribution is -0.138. The standard InChI is InChI=1S/C21H24F3N3O/c1-25(2)15-16-6-5-7-17(14-16)26-10-12-27(13-11-26)20(28)18-8-3-4-9-19(18)21(22,23)24/h3-9,14H,10-13,15H2,1-2H3. The van der Waals surface area contributed by atoms with E-state index in [9.17, 15) is 18.0 Å². The van der Waals surface area contributed by atoms with E-state index in [4.69, 9.17) is 0 Å². The molecule has 0 N–H and O–H groups in total. The topological polar surface area (TPSA) is 26.8 Å². The molecule has 2 aromatic carbocycles. The van der Waals surface area contributed by atoms with Gasteiger partial charge in [-0.3, -0.25) is 4.79 Å². The highest BCUT2D eigenvalue weighted by atomic mass is 19.4. The summed E-state index contributed by atoms with van der Waals surface area (Å²) in [5.74, 6) is -0.561. The van der Waals surface area contributed by atoms with Crippen LogP contribution in [-0.4, -0.2) is 56.0 Å². The third-order valence-corrected chi connectivity index (χ3v) is 4.80. The zero-order valence-electron chi connectivity index (χ0n) is 16.0. The molecule has 3 rings (SSSR count). The zero-order valence-corrected chi connectivity index (χ0v) is 16.0. The van der Waals surface area contributed by atoms with Gasteiger partial charge in [-0.25, -0.2) is 0 Å². The van der Waals surface area contributed by atoms with Gasteiger partial charge in [-0.1, -0.05) is 24.3 Å². The highest BCUT2D eigenvalue weighted by Crippen LogP contribution is 2.32. The molecule has 7 heteroatoms. The van der Waals surface area contributed by atoms with Crippen molar-refractivity contribution in [2.45, 2.75) is 12.7 Å². The summed E-state index contributed by atoms with van der Waals surface area (Å²) >= 11 is 0. The van der Waals surface area contributed by atoms with Crippen LogP contribution in [0.15, 0.2) is 48.5 Å². The quantitative estimate of drug-likeness (QED) is 0.795. The fraction of sp³-hybridized carbons (Fsp3) is 0.381. The molecule has 0 radical (unpaired) electrons. The minimum atomic E-state index is -4.54. The van der Waals surface area contributed by atoms with Crippen molar-refractivity contribution >= 4 is 11.6 Å². The van der Waals surface area contributed by atoms with Crippen molar-refractivity contribution in [3.63, 3.8) is 0 Å². The maximum absolute atomic E-state index is 13.2. The number of amides is 1. The first kappa shape index (κ1) is 20.2. The molecule has 2 aromatic rings. The molecule has 0 saturated carbocycles. The van der Waals surface area contributed by atoms with Crippen LogP contribution >= 0.6 is 0 Å². The molecule has 150 valence electrons. The lowest BCUT2D eigenvalue weighted by Gasteiger charge is -2.36. The summed E-state index contributed by atoms with van der Waals surface area (Å²) in [6, 6.07) is 13.2. The third kappa shape index (κ3) is 4.65. The molecule has 1 heterocycles. The summed E-state index contributed by atoms with van der Waals surface area (Å²) in [6.45, 7) is 2.79. The number of benzene rings is 2. The van der Waals surface area contributed by atoms with E-state index in [1.165, 1.54) is 28.7 Å². The second kappa shape index (κ2) is 8.22. The molecule has 0 unspecified atom stereocenters. The second-order valence-corrected chi connectivity index (χ2v) is 7.23. The lowest BCUT2D eigenvalue weighted by Crippen LogP contribution is -2.49. The van der Waals surface area contributed by atoms with E-state index in [1.54, 1.807) is 0 Å². The van der Waals surface area contributed by atoms with Crippen molar-refractivity contribution in [3.05, 3.63) is 65.2 Å². The second-order valence-electron chi connectivity index (χ2n) is 7.23. The van der Waals surface area contributed by atoms with Gasteiger partial charge in [0.25, 0.3) is 5.91 Å². The molecule has 1 saturated heterocycles. The molecule has 1 aliphatic rings. The first-order valence-electron chi connectivity index (χ1n) is 9.20. The van der Waals surface area contributed by atoms with Crippen molar-refractivity contribution in [2.75, 3.05) is 45.2 Å². The van der Waals surface area contributed by atoms with E-state index >= 15 is 0 Å². The van der Waals surface area contributed by atoms with Crippen molar-refractivity contribution in [1.29, 1.82) is 0 Å². The molecule has 0 atom stereocenters. The molecule has 0 bridgehead atoms. The lowest BCUT2D eigenvalue weighted by atomic mass is 10.1. The van der Waals surface area contributed by atoms with Gasteiger partial charge in [0, 0.05) is 38.4 Å². The number of rotatable bonds is 4. The van der Waals surface area contributed by atoms with Crippen LogP contribution in [0.2, 0.25) is 0 Å². The maximum Gasteiger partial charge on any atom is 0.417 e. The van der Waals surface area contributed by atoms with Gasteiger partial charge < -0.3 is 14.7 Å². The fourth-order valence-corrected chi connectivity index (χ4v) is 3.47. The minimum absolute atomic E-state index is 0.281. The van der Waals surface area contributed by atoms with E-state index < -0.39 is 17.6 Å². The van der Waals surface area contributed by atoms with Gasteiger partial charge in [0.1, 0.15) is 0 Å². The number of alkyl halides is 3.